The summed E-state index contributed by atoms with van der Waals surface area (Å²) >= 11 is 0. The number of morpholine rings is 1. The molecule has 0 radical (unpaired) electrons. The van der Waals surface area contributed by atoms with Crippen molar-refractivity contribution in [3.05, 3.63) is 0 Å². The fraction of sp³-hybridized carbons (Fsp3) is 1.00. The van der Waals surface area contributed by atoms with Gasteiger partial charge in [0, 0.05) is 19.1 Å². The summed E-state index contributed by atoms with van der Waals surface area (Å²) in [6.07, 6.45) is 10.6. The Kier molecular flexibility index (Phi) is 4.78. The Balaban J connectivity index is 1.41. The van der Waals surface area contributed by atoms with Crippen molar-refractivity contribution in [2.24, 2.45) is 5.92 Å². The van der Waals surface area contributed by atoms with Crippen LogP contribution in [0.15, 0.2) is 0 Å². The lowest BCUT2D eigenvalue weighted by atomic mass is 9.99. The molecule has 2 bridgehead atoms. The van der Waals surface area contributed by atoms with Crippen LogP contribution in [0.4, 0.5) is 0 Å². The molecule has 19 heavy (non-hydrogen) atoms. The lowest BCUT2D eigenvalue weighted by Crippen LogP contribution is -2.44. The number of nitrogens with zero attached hydrogens (tertiary/aromatic N) is 1. The second kappa shape index (κ2) is 6.55. The number of nitrogens with one attached hydrogen (secondary N) is 1. The van der Waals surface area contributed by atoms with Gasteiger partial charge in [-0.25, -0.2) is 0 Å². The maximum absolute atomic E-state index is 5.92. The van der Waals surface area contributed by atoms with Crippen LogP contribution in [0.3, 0.4) is 0 Å². The number of hydrogen-bond donors (Lipinski definition) is 1. The molecule has 1 aliphatic carbocycles. The van der Waals surface area contributed by atoms with Gasteiger partial charge in [0.05, 0.1) is 12.2 Å². The number of likely N-dealkylation sites (tertiary alicyclic amines) is 1. The SMILES string of the molecule is CCCNC1CCCC1CCN1CC2CCC(C1)O2. The summed E-state index contributed by atoms with van der Waals surface area (Å²) in [6, 6.07) is 0.803. The monoisotopic (exact) mass is 266 g/mol. The van der Waals surface area contributed by atoms with Crippen molar-refractivity contribution in [3.63, 3.8) is 0 Å². The third kappa shape index (κ3) is 3.50. The van der Waals surface area contributed by atoms with E-state index in [2.05, 4.69) is 17.1 Å². The lowest BCUT2D eigenvalue weighted by Gasteiger charge is -2.33. The van der Waals surface area contributed by atoms with Crippen molar-refractivity contribution in [2.75, 3.05) is 26.2 Å². The van der Waals surface area contributed by atoms with E-state index in [1.54, 1.807) is 0 Å². The van der Waals surface area contributed by atoms with E-state index in [1.165, 1.54) is 71.1 Å². The van der Waals surface area contributed by atoms with E-state index in [4.69, 9.17) is 4.74 Å². The quantitative estimate of drug-likeness (QED) is 0.799. The molecule has 4 atom stereocenters. The second-order valence-electron chi connectivity index (χ2n) is 6.76. The van der Waals surface area contributed by atoms with Gasteiger partial charge in [0.25, 0.3) is 0 Å². The summed E-state index contributed by atoms with van der Waals surface area (Å²) in [5.41, 5.74) is 0. The summed E-state index contributed by atoms with van der Waals surface area (Å²) < 4.78 is 5.92. The van der Waals surface area contributed by atoms with Crippen molar-refractivity contribution in [1.29, 1.82) is 0 Å². The number of fused-ring (bicyclic) bond motifs is 2. The molecular formula is C16H30N2O. The van der Waals surface area contributed by atoms with Gasteiger partial charge in [0.1, 0.15) is 0 Å². The molecule has 2 saturated heterocycles. The minimum absolute atomic E-state index is 0.552. The third-order valence-corrected chi connectivity index (χ3v) is 5.25. The maximum atomic E-state index is 5.92. The predicted molar refractivity (Wildman–Crippen MR) is 78.4 cm³/mol. The maximum Gasteiger partial charge on any atom is 0.0707 e. The van der Waals surface area contributed by atoms with Crippen molar-refractivity contribution in [3.8, 4) is 0 Å². The molecule has 4 unspecified atom stereocenters. The van der Waals surface area contributed by atoms with Crippen LogP contribution < -0.4 is 5.32 Å². The van der Waals surface area contributed by atoms with Crippen molar-refractivity contribution < 1.29 is 4.74 Å². The molecule has 0 amide bonds. The highest BCUT2D eigenvalue weighted by Crippen LogP contribution is 2.30. The van der Waals surface area contributed by atoms with Crippen LogP contribution in [0.1, 0.15) is 51.9 Å². The van der Waals surface area contributed by atoms with E-state index in [1.807, 2.05) is 0 Å². The Morgan fingerprint density at radius 2 is 1.89 bits per heavy atom. The van der Waals surface area contributed by atoms with E-state index in [-0.39, 0.29) is 0 Å². The summed E-state index contributed by atoms with van der Waals surface area (Å²) in [5.74, 6) is 0.923. The van der Waals surface area contributed by atoms with Gasteiger partial charge in [-0.2, -0.15) is 0 Å². The highest BCUT2D eigenvalue weighted by molar-refractivity contribution is 4.87. The molecule has 3 fully saturated rings. The van der Waals surface area contributed by atoms with Crippen LogP contribution in [0.25, 0.3) is 0 Å². The zero-order chi connectivity index (χ0) is 13.1. The highest BCUT2D eigenvalue weighted by Gasteiger charge is 2.34. The van der Waals surface area contributed by atoms with E-state index < -0.39 is 0 Å². The van der Waals surface area contributed by atoms with Gasteiger partial charge < -0.3 is 10.1 Å². The highest BCUT2D eigenvalue weighted by atomic mass is 16.5. The van der Waals surface area contributed by atoms with Crippen molar-refractivity contribution in [1.82, 2.24) is 10.2 Å². The lowest BCUT2D eigenvalue weighted by molar-refractivity contribution is -0.0396. The Morgan fingerprint density at radius 3 is 2.63 bits per heavy atom. The fourth-order valence-electron chi connectivity index (χ4n) is 4.21. The first-order valence-corrected chi connectivity index (χ1v) is 8.46. The molecule has 0 spiro atoms. The van der Waals surface area contributed by atoms with Gasteiger partial charge in [-0.15, -0.1) is 0 Å². The number of rotatable bonds is 6. The van der Waals surface area contributed by atoms with Crippen LogP contribution >= 0.6 is 0 Å². The molecule has 0 aromatic heterocycles. The Labute approximate surface area is 118 Å². The summed E-state index contributed by atoms with van der Waals surface area (Å²) in [4.78, 5) is 2.67. The predicted octanol–water partition coefficient (Wildman–Crippen LogP) is 2.41. The van der Waals surface area contributed by atoms with E-state index >= 15 is 0 Å². The number of hydrogen-bond acceptors (Lipinski definition) is 3. The molecule has 1 saturated carbocycles. The average molecular weight is 266 g/mol. The minimum atomic E-state index is 0.552. The van der Waals surface area contributed by atoms with Crippen LogP contribution in [0, 0.1) is 5.92 Å². The zero-order valence-electron chi connectivity index (χ0n) is 12.4. The normalized spacial score (nSPS) is 39.0. The Morgan fingerprint density at radius 1 is 1.11 bits per heavy atom. The molecule has 0 aromatic carbocycles. The smallest absolute Gasteiger partial charge is 0.0707 e. The minimum Gasteiger partial charge on any atom is -0.372 e. The average Bonchev–Trinajstić information content (AvgIpc) is 3.00. The van der Waals surface area contributed by atoms with E-state index in [9.17, 15) is 0 Å². The molecule has 2 aliphatic heterocycles. The molecule has 3 nitrogen and oxygen atoms in total. The number of ether oxygens (including phenoxy) is 1. The van der Waals surface area contributed by atoms with Crippen molar-refractivity contribution in [2.45, 2.75) is 70.1 Å². The standard InChI is InChI=1S/C16H30N2O/c1-2-9-17-16-5-3-4-13(16)8-10-18-11-14-6-7-15(12-18)19-14/h13-17H,2-12H2,1H3. The molecule has 2 heterocycles. The summed E-state index contributed by atoms with van der Waals surface area (Å²) in [6.45, 7) is 7.14. The molecule has 3 rings (SSSR count). The first kappa shape index (κ1) is 13.8. The molecular weight excluding hydrogens is 236 g/mol. The van der Waals surface area contributed by atoms with Crippen LogP contribution in [0.5, 0.6) is 0 Å². The van der Waals surface area contributed by atoms with Gasteiger partial charge >= 0.3 is 0 Å². The topological polar surface area (TPSA) is 24.5 Å². The fourth-order valence-corrected chi connectivity index (χ4v) is 4.21. The van der Waals surface area contributed by atoms with Gasteiger partial charge in [-0.05, 0) is 57.5 Å². The van der Waals surface area contributed by atoms with Crippen molar-refractivity contribution >= 4 is 0 Å². The molecule has 3 heteroatoms. The first-order valence-electron chi connectivity index (χ1n) is 8.46. The molecule has 1 N–H and O–H groups in total. The second-order valence-corrected chi connectivity index (χ2v) is 6.76. The summed E-state index contributed by atoms with van der Waals surface area (Å²) in [7, 11) is 0. The molecule has 0 aromatic rings. The van der Waals surface area contributed by atoms with Crippen LogP contribution in [0.2, 0.25) is 0 Å². The van der Waals surface area contributed by atoms with Gasteiger partial charge in [0.15, 0.2) is 0 Å². The largest absolute Gasteiger partial charge is 0.372 e. The Bertz CT molecular complexity index is 272. The Hall–Kier alpha value is -0.120. The van der Waals surface area contributed by atoms with E-state index in [0.29, 0.717) is 12.2 Å². The molecule has 3 aliphatic rings. The van der Waals surface area contributed by atoms with Gasteiger partial charge in [-0.3, -0.25) is 4.90 Å². The molecule has 110 valence electrons. The first-order chi connectivity index (χ1) is 9.35. The zero-order valence-corrected chi connectivity index (χ0v) is 12.4. The summed E-state index contributed by atoms with van der Waals surface area (Å²) in [5, 5.41) is 3.76. The van der Waals surface area contributed by atoms with Gasteiger partial charge in [0.2, 0.25) is 0 Å². The third-order valence-electron chi connectivity index (χ3n) is 5.25. The van der Waals surface area contributed by atoms with Crippen LogP contribution in [-0.4, -0.2) is 49.3 Å². The van der Waals surface area contributed by atoms with Crippen LogP contribution in [-0.2, 0) is 4.74 Å². The van der Waals surface area contributed by atoms with E-state index in [0.717, 1.165) is 12.0 Å². The van der Waals surface area contributed by atoms with Gasteiger partial charge in [-0.1, -0.05) is 13.3 Å².